The monoisotopic (exact) mass is 290 g/mol. The number of anilines is 1. The molecule has 1 amide bonds. The number of phenolic OH excluding ortho intramolecular Hbond substituents is 1. The lowest BCUT2D eigenvalue weighted by molar-refractivity contribution is -0.117. The van der Waals surface area contributed by atoms with Crippen molar-refractivity contribution in [2.75, 3.05) is 5.32 Å². The lowest BCUT2D eigenvalue weighted by Crippen LogP contribution is -2.37. The average molecular weight is 291 g/mol. The van der Waals surface area contributed by atoms with Crippen LogP contribution in [0, 0.1) is 0 Å². The van der Waals surface area contributed by atoms with Gasteiger partial charge in [-0.2, -0.15) is 0 Å². The minimum absolute atomic E-state index is 0.186. The SMILES string of the molecule is N[C@H](Cc1ccc(O)cc1)C(=O)Nc1cccc(Cl)c1. The standard InChI is InChI=1S/C15H15ClN2O2/c16-11-2-1-3-12(9-11)18-15(20)14(17)8-10-4-6-13(19)7-5-10/h1-7,9,14,19H,8,17H2,(H,18,20)/t14-/m1/s1. The van der Waals surface area contributed by atoms with Crippen LogP contribution in [-0.2, 0) is 11.2 Å². The molecular weight excluding hydrogens is 276 g/mol. The summed E-state index contributed by atoms with van der Waals surface area (Å²) in [7, 11) is 0. The van der Waals surface area contributed by atoms with Crippen molar-refractivity contribution in [2.24, 2.45) is 5.73 Å². The van der Waals surface area contributed by atoms with Crippen molar-refractivity contribution in [2.45, 2.75) is 12.5 Å². The van der Waals surface area contributed by atoms with Gasteiger partial charge >= 0.3 is 0 Å². The Morgan fingerprint density at radius 1 is 1.25 bits per heavy atom. The molecule has 0 saturated heterocycles. The first kappa shape index (κ1) is 14.4. The van der Waals surface area contributed by atoms with Crippen LogP contribution in [0.5, 0.6) is 5.75 Å². The average Bonchev–Trinajstić information content (AvgIpc) is 2.41. The number of nitrogens with one attached hydrogen (secondary N) is 1. The van der Waals surface area contributed by atoms with Gasteiger partial charge in [0.25, 0.3) is 0 Å². The molecule has 0 aromatic heterocycles. The van der Waals surface area contributed by atoms with E-state index in [1.807, 2.05) is 0 Å². The third kappa shape index (κ3) is 3.98. The predicted molar refractivity (Wildman–Crippen MR) is 79.9 cm³/mol. The Morgan fingerprint density at radius 3 is 2.60 bits per heavy atom. The molecule has 1 atom stereocenters. The first-order valence-corrected chi connectivity index (χ1v) is 6.52. The van der Waals surface area contributed by atoms with Gasteiger partial charge in [0.15, 0.2) is 0 Å². The fourth-order valence-corrected chi connectivity index (χ4v) is 1.97. The lowest BCUT2D eigenvalue weighted by Gasteiger charge is -2.12. The highest BCUT2D eigenvalue weighted by Gasteiger charge is 2.14. The van der Waals surface area contributed by atoms with E-state index in [0.717, 1.165) is 5.56 Å². The number of nitrogens with two attached hydrogens (primary N) is 1. The Hall–Kier alpha value is -2.04. The van der Waals surface area contributed by atoms with Crippen LogP contribution in [0.3, 0.4) is 0 Å². The molecule has 0 bridgehead atoms. The number of hydrogen-bond donors (Lipinski definition) is 3. The zero-order valence-electron chi connectivity index (χ0n) is 10.7. The summed E-state index contributed by atoms with van der Waals surface area (Å²) in [5, 5.41) is 12.5. The number of carbonyl (C=O) groups excluding carboxylic acids is 1. The second kappa shape index (κ2) is 6.41. The Balaban J connectivity index is 1.96. The molecule has 4 nitrogen and oxygen atoms in total. The molecule has 0 unspecified atom stereocenters. The maximum Gasteiger partial charge on any atom is 0.241 e. The van der Waals surface area contributed by atoms with Gasteiger partial charge in [0.2, 0.25) is 5.91 Å². The van der Waals surface area contributed by atoms with E-state index in [9.17, 15) is 9.90 Å². The molecule has 0 saturated carbocycles. The topological polar surface area (TPSA) is 75.3 Å². The lowest BCUT2D eigenvalue weighted by atomic mass is 10.1. The zero-order valence-corrected chi connectivity index (χ0v) is 11.5. The second-order valence-corrected chi connectivity index (χ2v) is 4.91. The van der Waals surface area contributed by atoms with E-state index in [4.69, 9.17) is 17.3 Å². The summed E-state index contributed by atoms with van der Waals surface area (Å²) < 4.78 is 0. The fourth-order valence-electron chi connectivity index (χ4n) is 1.78. The number of carbonyl (C=O) groups is 1. The van der Waals surface area contributed by atoms with E-state index in [-0.39, 0.29) is 11.7 Å². The van der Waals surface area contributed by atoms with E-state index in [2.05, 4.69) is 5.32 Å². The van der Waals surface area contributed by atoms with E-state index in [0.29, 0.717) is 17.1 Å². The van der Waals surface area contributed by atoms with Crippen LogP contribution in [0.4, 0.5) is 5.69 Å². The molecule has 2 rings (SSSR count). The molecule has 2 aromatic carbocycles. The third-order valence-electron chi connectivity index (χ3n) is 2.82. The molecule has 0 fully saturated rings. The molecule has 2 aromatic rings. The van der Waals surface area contributed by atoms with Crippen LogP contribution >= 0.6 is 11.6 Å². The summed E-state index contributed by atoms with van der Waals surface area (Å²) in [6.07, 6.45) is 0.396. The Bertz CT molecular complexity index is 599. The molecule has 104 valence electrons. The number of rotatable bonds is 4. The van der Waals surface area contributed by atoms with Crippen LogP contribution in [0.2, 0.25) is 5.02 Å². The van der Waals surface area contributed by atoms with Crippen molar-refractivity contribution in [1.82, 2.24) is 0 Å². The molecule has 0 radical (unpaired) electrons. The third-order valence-corrected chi connectivity index (χ3v) is 3.06. The molecule has 0 spiro atoms. The number of amides is 1. The van der Waals surface area contributed by atoms with Gasteiger partial charge in [-0.15, -0.1) is 0 Å². The number of aromatic hydroxyl groups is 1. The molecule has 4 N–H and O–H groups in total. The van der Waals surface area contributed by atoms with Crippen molar-refractivity contribution < 1.29 is 9.90 Å². The second-order valence-electron chi connectivity index (χ2n) is 4.48. The maximum absolute atomic E-state index is 12.0. The van der Waals surface area contributed by atoms with E-state index in [1.165, 1.54) is 0 Å². The van der Waals surface area contributed by atoms with Crippen molar-refractivity contribution in [3.8, 4) is 5.75 Å². The number of hydrogen-bond acceptors (Lipinski definition) is 3. The normalized spacial score (nSPS) is 11.9. The highest BCUT2D eigenvalue weighted by Crippen LogP contribution is 2.15. The number of phenols is 1. The predicted octanol–water partition coefficient (Wildman–Crippen LogP) is 2.55. The van der Waals surface area contributed by atoms with Gasteiger partial charge in [0.1, 0.15) is 5.75 Å². The largest absolute Gasteiger partial charge is 0.508 e. The zero-order chi connectivity index (χ0) is 14.5. The van der Waals surface area contributed by atoms with Crippen LogP contribution in [0.15, 0.2) is 48.5 Å². The maximum atomic E-state index is 12.0. The summed E-state index contributed by atoms with van der Waals surface area (Å²) in [6.45, 7) is 0. The van der Waals surface area contributed by atoms with Crippen LogP contribution < -0.4 is 11.1 Å². The van der Waals surface area contributed by atoms with Crippen LogP contribution in [-0.4, -0.2) is 17.1 Å². The van der Waals surface area contributed by atoms with Gasteiger partial charge in [-0.05, 0) is 42.3 Å². The van der Waals surface area contributed by atoms with Gasteiger partial charge < -0.3 is 16.2 Å². The fraction of sp³-hybridized carbons (Fsp3) is 0.133. The smallest absolute Gasteiger partial charge is 0.241 e. The molecule has 0 aliphatic rings. The van der Waals surface area contributed by atoms with Crippen LogP contribution in [0.1, 0.15) is 5.56 Å². The van der Waals surface area contributed by atoms with Crippen LogP contribution in [0.25, 0.3) is 0 Å². The summed E-state index contributed by atoms with van der Waals surface area (Å²) >= 11 is 5.85. The molecule has 20 heavy (non-hydrogen) atoms. The molecule has 0 heterocycles. The highest BCUT2D eigenvalue weighted by molar-refractivity contribution is 6.30. The van der Waals surface area contributed by atoms with Gasteiger partial charge in [-0.25, -0.2) is 0 Å². The Morgan fingerprint density at radius 2 is 1.95 bits per heavy atom. The summed E-state index contributed by atoms with van der Waals surface area (Å²) in [6, 6.07) is 12.8. The first-order valence-electron chi connectivity index (χ1n) is 6.14. The van der Waals surface area contributed by atoms with Gasteiger partial charge in [0, 0.05) is 10.7 Å². The van der Waals surface area contributed by atoms with Crippen molar-refractivity contribution in [3.05, 3.63) is 59.1 Å². The van der Waals surface area contributed by atoms with Gasteiger partial charge in [-0.3, -0.25) is 4.79 Å². The number of benzene rings is 2. The molecular formula is C15H15ClN2O2. The van der Waals surface area contributed by atoms with Gasteiger partial charge in [-0.1, -0.05) is 29.8 Å². The quantitative estimate of drug-likeness (QED) is 0.810. The molecule has 5 heteroatoms. The van der Waals surface area contributed by atoms with Gasteiger partial charge in [0.05, 0.1) is 6.04 Å². The van der Waals surface area contributed by atoms with E-state index < -0.39 is 6.04 Å². The van der Waals surface area contributed by atoms with E-state index >= 15 is 0 Å². The minimum Gasteiger partial charge on any atom is -0.508 e. The highest BCUT2D eigenvalue weighted by atomic mass is 35.5. The Kier molecular flexibility index (Phi) is 4.61. The minimum atomic E-state index is -0.668. The van der Waals surface area contributed by atoms with Crippen molar-refractivity contribution in [3.63, 3.8) is 0 Å². The molecule has 0 aliphatic heterocycles. The summed E-state index contributed by atoms with van der Waals surface area (Å²) in [5.41, 5.74) is 7.37. The van der Waals surface area contributed by atoms with Crippen molar-refractivity contribution in [1.29, 1.82) is 0 Å². The summed E-state index contributed by atoms with van der Waals surface area (Å²) in [4.78, 5) is 12.0. The molecule has 0 aliphatic carbocycles. The number of halogens is 1. The Labute approximate surface area is 122 Å². The van der Waals surface area contributed by atoms with Crippen molar-refractivity contribution >= 4 is 23.2 Å². The first-order chi connectivity index (χ1) is 9.54. The van der Waals surface area contributed by atoms with E-state index in [1.54, 1.807) is 48.5 Å². The summed E-state index contributed by atoms with van der Waals surface area (Å²) in [5.74, 6) is -0.0916.